The van der Waals surface area contributed by atoms with Crippen LogP contribution in [0.4, 0.5) is 5.69 Å². The molecule has 0 N–H and O–H groups in total. The number of carbonyl (C=O) groups is 4. The molecule has 0 unspecified atom stereocenters. The Kier molecular flexibility index (Phi) is 6.30. The van der Waals surface area contributed by atoms with Crippen molar-refractivity contribution in [1.29, 1.82) is 0 Å². The number of rotatable bonds is 6. The van der Waals surface area contributed by atoms with Crippen molar-refractivity contribution in [2.45, 2.75) is 13.3 Å². The first kappa shape index (κ1) is 23.3. The summed E-state index contributed by atoms with van der Waals surface area (Å²) < 4.78 is 0. The number of benzene rings is 2. The van der Waals surface area contributed by atoms with E-state index in [2.05, 4.69) is 0 Å². The highest BCUT2D eigenvalue weighted by atomic mass is 35.5. The molecule has 9 nitrogen and oxygen atoms in total. The van der Waals surface area contributed by atoms with Crippen LogP contribution >= 0.6 is 11.6 Å². The number of hydrogen-bond acceptors (Lipinski definition) is 6. The number of Topliss-reactive ketones (excluding diaryl/α,β-unsaturated/α-hetero) is 1. The smallest absolute Gasteiger partial charge is 0.282 e. The molecule has 34 heavy (non-hydrogen) atoms. The number of para-hydroxylation sites is 1. The Morgan fingerprint density at radius 2 is 1.79 bits per heavy atom. The van der Waals surface area contributed by atoms with E-state index >= 15 is 0 Å². The fourth-order valence-corrected chi connectivity index (χ4v) is 4.54. The fourth-order valence-electron chi connectivity index (χ4n) is 4.42. The van der Waals surface area contributed by atoms with Crippen molar-refractivity contribution in [3.05, 3.63) is 86.9 Å². The van der Waals surface area contributed by atoms with E-state index in [9.17, 15) is 29.3 Å². The number of amides is 3. The quantitative estimate of drug-likeness (QED) is 0.204. The number of nitrogens with zero attached hydrogens (tertiary/aromatic N) is 3. The summed E-state index contributed by atoms with van der Waals surface area (Å²) in [7, 11) is 0. The van der Waals surface area contributed by atoms with Crippen LogP contribution in [-0.4, -0.2) is 45.0 Å². The molecule has 0 bridgehead atoms. The Bertz CT molecular complexity index is 1230. The van der Waals surface area contributed by atoms with Gasteiger partial charge in [0, 0.05) is 16.7 Å². The Hall–Kier alpha value is -3.85. The zero-order chi connectivity index (χ0) is 24.6. The van der Waals surface area contributed by atoms with Crippen LogP contribution in [0, 0.1) is 27.9 Å². The van der Waals surface area contributed by atoms with Crippen molar-refractivity contribution in [2.75, 3.05) is 6.54 Å². The molecule has 3 amide bonds. The lowest BCUT2D eigenvalue weighted by molar-refractivity contribution is -0.385. The number of hydrazine groups is 1. The Balaban J connectivity index is 1.76. The topological polar surface area (TPSA) is 118 Å². The summed E-state index contributed by atoms with van der Waals surface area (Å²) in [6.45, 7) is 1.14. The van der Waals surface area contributed by atoms with Gasteiger partial charge >= 0.3 is 0 Å². The van der Waals surface area contributed by atoms with E-state index in [0.717, 1.165) is 11.1 Å². The molecule has 0 spiro atoms. The minimum Gasteiger partial charge on any atom is -0.292 e. The standard InChI is InChI=1S/C24H20ClN3O6/c1-14-5-4-7-18-21(14)24(32)27(23(18)31)26(13-20(29)15-9-11-16(25)12-10-15)22(30)17-6-2-3-8-19(17)28(33)34/h2-6,8-12,14,18,21H,7,13H2,1H3/t14-,18-,21+/m1/s1. The highest BCUT2D eigenvalue weighted by Crippen LogP contribution is 2.39. The number of nitro benzene ring substituents is 1. The van der Waals surface area contributed by atoms with Crippen LogP contribution < -0.4 is 0 Å². The maximum absolute atomic E-state index is 13.5. The highest BCUT2D eigenvalue weighted by molar-refractivity contribution is 6.30. The van der Waals surface area contributed by atoms with Crippen molar-refractivity contribution >= 4 is 40.8 Å². The molecule has 0 saturated carbocycles. The van der Waals surface area contributed by atoms with Crippen LogP contribution in [0.1, 0.15) is 34.1 Å². The van der Waals surface area contributed by atoms with E-state index in [4.69, 9.17) is 11.6 Å². The van der Waals surface area contributed by atoms with Gasteiger partial charge in [-0.1, -0.05) is 42.8 Å². The number of fused-ring (bicyclic) bond motifs is 1. The Morgan fingerprint density at radius 1 is 1.12 bits per heavy atom. The van der Waals surface area contributed by atoms with Crippen LogP contribution in [0.2, 0.25) is 5.02 Å². The van der Waals surface area contributed by atoms with Gasteiger partial charge in [0.15, 0.2) is 5.78 Å². The molecule has 1 fully saturated rings. The van der Waals surface area contributed by atoms with E-state index < -0.39 is 52.5 Å². The number of imide groups is 1. The van der Waals surface area contributed by atoms with Crippen molar-refractivity contribution in [3.8, 4) is 0 Å². The first-order chi connectivity index (χ1) is 16.2. The predicted octanol–water partition coefficient (Wildman–Crippen LogP) is 3.69. The average molecular weight is 482 g/mol. The monoisotopic (exact) mass is 481 g/mol. The molecule has 3 atom stereocenters. The molecule has 10 heteroatoms. The molecule has 1 saturated heterocycles. The van der Waals surface area contributed by atoms with Crippen LogP contribution in [0.3, 0.4) is 0 Å². The van der Waals surface area contributed by atoms with Gasteiger partial charge in [0.05, 0.1) is 16.8 Å². The lowest BCUT2D eigenvalue weighted by Crippen LogP contribution is -2.52. The van der Waals surface area contributed by atoms with Gasteiger partial charge in [0.1, 0.15) is 12.1 Å². The third-order valence-corrected chi connectivity index (χ3v) is 6.37. The third-order valence-electron chi connectivity index (χ3n) is 6.12. The maximum Gasteiger partial charge on any atom is 0.282 e. The van der Waals surface area contributed by atoms with Crippen molar-refractivity contribution in [2.24, 2.45) is 17.8 Å². The molecule has 1 aliphatic heterocycles. The van der Waals surface area contributed by atoms with Gasteiger partial charge in [0.2, 0.25) is 0 Å². The van der Waals surface area contributed by atoms with Gasteiger partial charge < -0.3 is 0 Å². The summed E-state index contributed by atoms with van der Waals surface area (Å²) in [5.74, 6) is -4.36. The van der Waals surface area contributed by atoms with Crippen molar-refractivity contribution in [1.82, 2.24) is 10.0 Å². The number of hydrogen-bond donors (Lipinski definition) is 0. The SMILES string of the molecule is C[C@@H]1C=CC[C@H]2C(=O)N(N(CC(=O)c3ccc(Cl)cc3)C(=O)c3ccccc3[N+](=O)[O-])C(=O)[C@@H]12. The summed E-state index contributed by atoms with van der Waals surface area (Å²) in [5.41, 5.74) is -0.627. The Morgan fingerprint density at radius 3 is 2.44 bits per heavy atom. The molecular weight excluding hydrogens is 462 g/mol. The molecule has 1 heterocycles. The molecule has 2 aliphatic rings. The molecule has 0 aromatic heterocycles. The largest absolute Gasteiger partial charge is 0.292 e. The summed E-state index contributed by atoms with van der Waals surface area (Å²) in [4.78, 5) is 64.0. The molecule has 1 aliphatic carbocycles. The number of ketones is 1. The second-order valence-electron chi connectivity index (χ2n) is 8.21. The summed E-state index contributed by atoms with van der Waals surface area (Å²) in [6, 6.07) is 11.1. The third kappa shape index (κ3) is 4.10. The number of carbonyl (C=O) groups excluding carboxylic acids is 4. The summed E-state index contributed by atoms with van der Waals surface area (Å²) in [5, 5.41) is 13.4. The van der Waals surface area contributed by atoms with Gasteiger partial charge in [-0.3, -0.25) is 29.3 Å². The first-order valence-electron chi connectivity index (χ1n) is 10.6. The molecule has 2 aromatic rings. The predicted molar refractivity (Wildman–Crippen MR) is 122 cm³/mol. The van der Waals surface area contributed by atoms with Gasteiger partial charge in [-0.15, -0.1) is 0 Å². The van der Waals surface area contributed by atoms with Crippen molar-refractivity contribution in [3.63, 3.8) is 0 Å². The fraction of sp³-hybridized carbons (Fsp3) is 0.250. The molecular formula is C24H20ClN3O6. The zero-order valence-electron chi connectivity index (χ0n) is 18.1. The zero-order valence-corrected chi connectivity index (χ0v) is 18.8. The van der Waals surface area contributed by atoms with Crippen molar-refractivity contribution < 1.29 is 24.1 Å². The number of halogens is 1. The first-order valence-corrected chi connectivity index (χ1v) is 11.0. The lowest BCUT2D eigenvalue weighted by Gasteiger charge is -2.30. The van der Waals surface area contributed by atoms with Crippen LogP contribution in [0.25, 0.3) is 0 Å². The average Bonchev–Trinajstić information content (AvgIpc) is 3.08. The Labute approximate surface area is 199 Å². The molecule has 4 rings (SSSR count). The lowest BCUT2D eigenvalue weighted by atomic mass is 9.78. The van der Waals surface area contributed by atoms with Gasteiger partial charge in [-0.05, 0) is 42.7 Å². The van der Waals surface area contributed by atoms with E-state index in [1.807, 2.05) is 12.2 Å². The number of nitro groups is 1. The number of allylic oxidation sites excluding steroid dienone is 2. The second-order valence-corrected chi connectivity index (χ2v) is 8.65. The summed E-state index contributed by atoms with van der Waals surface area (Å²) >= 11 is 5.88. The van der Waals surface area contributed by atoms with E-state index in [-0.39, 0.29) is 17.0 Å². The second kappa shape index (κ2) is 9.18. The van der Waals surface area contributed by atoms with E-state index in [1.165, 1.54) is 42.5 Å². The minimum absolute atomic E-state index is 0.205. The van der Waals surface area contributed by atoms with E-state index in [0.29, 0.717) is 16.5 Å². The van der Waals surface area contributed by atoms with Gasteiger partial charge in [-0.2, -0.15) is 5.01 Å². The van der Waals surface area contributed by atoms with Gasteiger partial charge in [0.25, 0.3) is 23.4 Å². The molecule has 2 aromatic carbocycles. The normalized spacial score (nSPS) is 21.4. The van der Waals surface area contributed by atoms with Crippen LogP contribution in [0.5, 0.6) is 0 Å². The van der Waals surface area contributed by atoms with Gasteiger partial charge in [-0.25, -0.2) is 5.01 Å². The van der Waals surface area contributed by atoms with Crippen LogP contribution in [0.15, 0.2) is 60.7 Å². The minimum atomic E-state index is -0.990. The molecule has 174 valence electrons. The highest BCUT2D eigenvalue weighted by Gasteiger charge is 2.53. The van der Waals surface area contributed by atoms with Crippen LogP contribution in [-0.2, 0) is 9.59 Å². The maximum atomic E-state index is 13.5. The molecule has 0 radical (unpaired) electrons. The summed E-state index contributed by atoms with van der Waals surface area (Å²) in [6.07, 6.45) is 3.98. The van der Waals surface area contributed by atoms with E-state index in [1.54, 1.807) is 6.92 Å².